The van der Waals surface area contributed by atoms with Gasteiger partial charge in [0.25, 0.3) is 0 Å². The number of thiazole rings is 1. The van der Waals surface area contributed by atoms with Gasteiger partial charge in [0.2, 0.25) is 0 Å². The number of benzene rings is 1. The van der Waals surface area contributed by atoms with Gasteiger partial charge in [0, 0.05) is 26.2 Å². The van der Waals surface area contributed by atoms with Crippen LogP contribution in [0.1, 0.15) is 35.1 Å². The van der Waals surface area contributed by atoms with Gasteiger partial charge in [0.15, 0.2) is 5.13 Å². The molecule has 0 atom stereocenters. The Labute approximate surface area is 158 Å². The van der Waals surface area contributed by atoms with E-state index in [1.807, 2.05) is 32.0 Å². The van der Waals surface area contributed by atoms with Crippen molar-refractivity contribution in [2.45, 2.75) is 19.8 Å². The Morgan fingerprint density at radius 3 is 2.38 bits per heavy atom. The molecular weight excluding hydrogens is 350 g/mol. The molecule has 1 fully saturated rings. The summed E-state index contributed by atoms with van der Waals surface area (Å²) in [6, 6.07) is 8.09. The van der Waals surface area contributed by atoms with Crippen LogP contribution in [-0.4, -0.2) is 51.4 Å². The summed E-state index contributed by atoms with van der Waals surface area (Å²) in [5.41, 5.74) is 1.94. The lowest BCUT2D eigenvalue weighted by Gasteiger charge is -2.36. The van der Waals surface area contributed by atoms with Crippen molar-refractivity contribution in [2.75, 3.05) is 50.2 Å². The molecule has 0 amide bonds. The number of hydrogen-bond acceptors (Lipinski definition) is 7. The topological polar surface area (TPSA) is 54.9 Å². The molecule has 1 saturated heterocycles. The van der Waals surface area contributed by atoms with Gasteiger partial charge in [-0.25, -0.2) is 9.78 Å². The standard InChI is InChI=1S/C19H25N3O3S/c1-13(2)16-17(18(23)25-4)26-19(20-16)22-11-9-21(10-12-22)14-7-5-6-8-15(14)24-3/h5-8,13H,9-12H2,1-4H3. The normalized spacial score (nSPS) is 14.7. The van der Waals surface area contributed by atoms with Crippen LogP contribution in [0.2, 0.25) is 0 Å². The summed E-state index contributed by atoms with van der Waals surface area (Å²) in [4.78, 5) is 22.0. The molecule has 3 rings (SSSR count). The quantitative estimate of drug-likeness (QED) is 0.747. The van der Waals surface area contributed by atoms with Crippen LogP contribution in [0.4, 0.5) is 10.8 Å². The van der Waals surface area contributed by atoms with Gasteiger partial charge in [0.05, 0.1) is 25.6 Å². The second-order valence-corrected chi connectivity index (χ2v) is 7.48. The highest BCUT2D eigenvalue weighted by molar-refractivity contribution is 7.17. The third-order valence-corrected chi connectivity index (χ3v) is 5.65. The first-order valence-corrected chi connectivity index (χ1v) is 9.58. The van der Waals surface area contributed by atoms with Crippen LogP contribution >= 0.6 is 11.3 Å². The Morgan fingerprint density at radius 1 is 1.12 bits per heavy atom. The van der Waals surface area contributed by atoms with E-state index in [2.05, 4.69) is 15.9 Å². The number of carbonyl (C=O) groups excluding carboxylic acids is 1. The second kappa shape index (κ2) is 7.95. The zero-order valence-electron chi connectivity index (χ0n) is 15.7. The van der Waals surface area contributed by atoms with Crippen molar-refractivity contribution < 1.29 is 14.3 Å². The van der Waals surface area contributed by atoms with Crippen LogP contribution in [0.3, 0.4) is 0 Å². The number of rotatable bonds is 5. The largest absolute Gasteiger partial charge is 0.495 e. The van der Waals surface area contributed by atoms with Gasteiger partial charge in [-0.05, 0) is 18.1 Å². The van der Waals surface area contributed by atoms with Crippen LogP contribution in [0.15, 0.2) is 24.3 Å². The molecule has 2 aromatic rings. The number of nitrogens with zero attached hydrogens (tertiary/aromatic N) is 3. The number of ether oxygens (including phenoxy) is 2. The van der Waals surface area contributed by atoms with Crippen LogP contribution in [0.5, 0.6) is 5.75 Å². The van der Waals surface area contributed by atoms with Crippen molar-refractivity contribution in [2.24, 2.45) is 0 Å². The molecular formula is C19H25N3O3S. The third-order valence-electron chi connectivity index (χ3n) is 4.54. The Hall–Kier alpha value is -2.28. The highest BCUT2D eigenvalue weighted by Gasteiger charge is 2.26. The maximum Gasteiger partial charge on any atom is 0.350 e. The minimum Gasteiger partial charge on any atom is -0.495 e. The van der Waals surface area contributed by atoms with Gasteiger partial charge in [-0.3, -0.25) is 0 Å². The van der Waals surface area contributed by atoms with E-state index in [1.54, 1.807) is 7.11 Å². The van der Waals surface area contributed by atoms with Crippen molar-refractivity contribution >= 4 is 28.1 Å². The van der Waals surface area contributed by atoms with Crippen molar-refractivity contribution in [3.8, 4) is 5.75 Å². The van der Waals surface area contributed by atoms with Crippen molar-refractivity contribution in [3.05, 3.63) is 34.8 Å². The molecule has 1 aliphatic heterocycles. The summed E-state index contributed by atoms with van der Waals surface area (Å²) >= 11 is 1.43. The minimum absolute atomic E-state index is 0.184. The van der Waals surface area contributed by atoms with Gasteiger partial charge in [-0.2, -0.15) is 0 Å². The molecule has 0 bridgehead atoms. The average Bonchev–Trinajstić information content (AvgIpc) is 3.13. The summed E-state index contributed by atoms with van der Waals surface area (Å²) < 4.78 is 10.4. The van der Waals surface area contributed by atoms with E-state index in [-0.39, 0.29) is 11.9 Å². The lowest BCUT2D eigenvalue weighted by Crippen LogP contribution is -2.46. The Morgan fingerprint density at radius 2 is 1.77 bits per heavy atom. The fraction of sp³-hybridized carbons (Fsp3) is 0.474. The molecule has 0 saturated carbocycles. The van der Waals surface area contributed by atoms with Crippen molar-refractivity contribution in [1.82, 2.24) is 4.98 Å². The maximum absolute atomic E-state index is 12.0. The number of hydrogen-bond donors (Lipinski definition) is 0. The van der Waals surface area contributed by atoms with Gasteiger partial charge in [-0.1, -0.05) is 37.3 Å². The van der Waals surface area contributed by atoms with Gasteiger partial charge < -0.3 is 19.3 Å². The number of aromatic nitrogens is 1. The van der Waals surface area contributed by atoms with Gasteiger partial charge in [-0.15, -0.1) is 0 Å². The SMILES string of the molecule is COC(=O)c1sc(N2CCN(c3ccccc3OC)CC2)nc1C(C)C. The van der Waals surface area contributed by atoms with Crippen LogP contribution in [-0.2, 0) is 4.74 Å². The van der Waals surface area contributed by atoms with Gasteiger partial charge in [0.1, 0.15) is 10.6 Å². The van der Waals surface area contributed by atoms with Crippen LogP contribution < -0.4 is 14.5 Å². The third kappa shape index (κ3) is 3.62. The van der Waals surface area contributed by atoms with E-state index in [4.69, 9.17) is 14.5 Å². The van der Waals surface area contributed by atoms with Crippen LogP contribution in [0, 0.1) is 0 Å². The summed E-state index contributed by atoms with van der Waals surface area (Å²) in [7, 11) is 3.12. The first-order chi connectivity index (χ1) is 12.5. The molecule has 2 heterocycles. The number of carbonyl (C=O) groups is 1. The van der Waals surface area contributed by atoms with Crippen molar-refractivity contribution in [3.63, 3.8) is 0 Å². The number of esters is 1. The number of piperazine rings is 1. The smallest absolute Gasteiger partial charge is 0.350 e. The molecule has 0 radical (unpaired) electrons. The predicted molar refractivity (Wildman–Crippen MR) is 105 cm³/mol. The Bertz CT molecular complexity index is 767. The predicted octanol–water partition coefficient (Wildman–Crippen LogP) is 3.39. The summed E-state index contributed by atoms with van der Waals surface area (Å²) in [6.07, 6.45) is 0. The number of methoxy groups -OCH3 is 2. The molecule has 26 heavy (non-hydrogen) atoms. The number of anilines is 2. The Kier molecular flexibility index (Phi) is 5.66. The minimum atomic E-state index is -0.301. The molecule has 140 valence electrons. The molecule has 0 N–H and O–H groups in total. The molecule has 0 aliphatic carbocycles. The lowest BCUT2D eigenvalue weighted by molar-refractivity contribution is 0.0604. The molecule has 0 spiro atoms. The van der Waals surface area contributed by atoms with E-state index in [9.17, 15) is 4.79 Å². The Balaban J connectivity index is 1.75. The van der Waals surface area contributed by atoms with E-state index in [0.29, 0.717) is 4.88 Å². The van der Waals surface area contributed by atoms with E-state index in [0.717, 1.165) is 48.4 Å². The summed E-state index contributed by atoms with van der Waals surface area (Å²) in [5.74, 6) is 0.777. The molecule has 6 nitrogen and oxygen atoms in total. The molecule has 1 aromatic carbocycles. The zero-order valence-corrected chi connectivity index (χ0v) is 16.5. The first-order valence-electron chi connectivity index (χ1n) is 8.77. The van der Waals surface area contributed by atoms with Crippen LogP contribution in [0.25, 0.3) is 0 Å². The fourth-order valence-corrected chi connectivity index (χ4v) is 4.31. The zero-order chi connectivity index (χ0) is 18.7. The fourth-order valence-electron chi connectivity index (χ4n) is 3.12. The molecule has 0 unspecified atom stereocenters. The van der Waals surface area contributed by atoms with Gasteiger partial charge >= 0.3 is 5.97 Å². The molecule has 7 heteroatoms. The second-order valence-electron chi connectivity index (χ2n) is 6.50. The highest BCUT2D eigenvalue weighted by Crippen LogP contribution is 2.33. The lowest BCUT2D eigenvalue weighted by atomic mass is 10.1. The van der Waals surface area contributed by atoms with E-state index < -0.39 is 0 Å². The van der Waals surface area contributed by atoms with E-state index >= 15 is 0 Å². The van der Waals surface area contributed by atoms with Crippen molar-refractivity contribution in [1.29, 1.82) is 0 Å². The molecule has 1 aliphatic rings. The summed E-state index contributed by atoms with van der Waals surface area (Å²) in [6.45, 7) is 7.55. The highest BCUT2D eigenvalue weighted by atomic mass is 32.1. The number of para-hydroxylation sites is 2. The summed E-state index contributed by atoms with van der Waals surface area (Å²) in [5, 5.41) is 0.897. The average molecular weight is 375 g/mol. The maximum atomic E-state index is 12.0. The van der Waals surface area contributed by atoms with E-state index in [1.165, 1.54) is 18.4 Å². The molecule has 1 aromatic heterocycles. The monoisotopic (exact) mass is 375 g/mol. The first kappa shape index (κ1) is 18.5.